The number of rotatable bonds is 1. The molecule has 19 heavy (non-hydrogen) atoms. The summed E-state index contributed by atoms with van der Waals surface area (Å²) >= 11 is 0. The van der Waals surface area contributed by atoms with Crippen LogP contribution >= 0.6 is 0 Å². The number of nitrogens with zero attached hydrogens (tertiary/aromatic N) is 1. The standard InChI is InChI=1S/C16H16N2O/c17-15-14-9-5-4-6-12(14)10-11-18(16(15)19)13-7-2-1-3-8-13/h1-9,15H,10-11,17H2/t15-/m0/s1. The number of hydrogen-bond acceptors (Lipinski definition) is 2. The summed E-state index contributed by atoms with van der Waals surface area (Å²) in [7, 11) is 0. The SMILES string of the molecule is N[C@@H]1C(=O)N(c2ccccc2)CCc2ccccc21. The van der Waals surface area contributed by atoms with E-state index in [0.29, 0.717) is 6.54 Å². The zero-order valence-corrected chi connectivity index (χ0v) is 10.6. The molecule has 0 saturated carbocycles. The minimum absolute atomic E-state index is 0.0313. The lowest BCUT2D eigenvalue weighted by Gasteiger charge is -2.22. The molecule has 1 aliphatic heterocycles. The second-order valence-electron chi connectivity index (χ2n) is 4.75. The van der Waals surface area contributed by atoms with Crippen LogP contribution in [0.5, 0.6) is 0 Å². The van der Waals surface area contributed by atoms with Crippen molar-refractivity contribution in [2.24, 2.45) is 5.73 Å². The third kappa shape index (κ3) is 2.13. The van der Waals surface area contributed by atoms with E-state index in [9.17, 15) is 4.79 Å². The molecule has 0 unspecified atom stereocenters. The van der Waals surface area contributed by atoms with Gasteiger partial charge in [-0.3, -0.25) is 4.79 Å². The lowest BCUT2D eigenvalue weighted by atomic mass is 10.00. The number of benzene rings is 2. The zero-order chi connectivity index (χ0) is 13.2. The first kappa shape index (κ1) is 11.9. The van der Waals surface area contributed by atoms with Crippen molar-refractivity contribution in [3.05, 3.63) is 65.7 Å². The molecule has 2 aromatic rings. The first-order chi connectivity index (χ1) is 9.27. The first-order valence-corrected chi connectivity index (χ1v) is 6.47. The molecule has 0 aliphatic carbocycles. The number of carbonyl (C=O) groups is 1. The lowest BCUT2D eigenvalue weighted by Crippen LogP contribution is -2.37. The molecule has 1 aliphatic rings. The number of para-hydroxylation sites is 1. The van der Waals surface area contributed by atoms with Gasteiger partial charge in [0.1, 0.15) is 6.04 Å². The largest absolute Gasteiger partial charge is 0.316 e. The number of amides is 1. The van der Waals surface area contributed by atoms with Gasteiger partial charge in [0.2, 0.25) is 5.91 Å². The molecule has 2 aromatic carbocycles. The Morgan fingerprint density at radius 1 is 1.00 bits per heavy atom. The Morgan fingerprint density at radius 3 is 2.47 bits per heavy atom. The van der Waals surface area contributed by atoms with E-state index in [2.05, 4.69) is 6.07 Å². The summed E-state index contributed by atoms with van der Waals surface area (Å²) in [5.74, 6) is -0.0313. The highest BCUT2D eigenvalue weighted by atomic mass is 16.2. The van der Waals surface area contributed by atoms with Crippen molar-refractivity contribution in [3.8, 4) is 0 Å². The van der Waals surface area contributed by atoms with E-state index < -0.39 is 6.04 Å². The van der Waals surface area contributed by atoms with Crippen LogP contribution in [0.15, 0.2) is 54.6 Å². The Balaban J connectivity index is 1.99. The molecular formula is C16H16N2O. The molecule has 96 valence electrons. The normalized spacial score (nSPS) is 18.9. The molecule has 1 amide bonds. The summed E-state index contributed by atoms with van der Waals surface area (Å²) < 4.78 is 0. The minimum Gasteiger partial charge on any atom is -0.316 e. The van der Waals surface area contributed by atoms with Crippen molar-refractivity contribution < 1.29 is 4.79 Å². The Morgan fingerprint density at radius 2 is 1.68 bits per heavy atom. The van der Waals surface area contributed by atoms with Gasteiger partial charge in [-0.2, -0.15) is 0 Å². The molecule has 3 heteroatoms. The van der Waals surface area contributed by atoms with Crippen LogP contribution in [0, 0.1) is 0 Å². The van der Waals surface area contributed by atoms with Gasteiger partial charge in [-0.15, -0.1) is 0 Å². The van der Waals surface area contributed by atoms with Crippen molar-refractivity contribution in [1.82, 2.24) is 0 Å². The van der Waals surface area contributed by atoms with Crippen molar-refractivity contribution in [1.29, 1.82) is 0 Å². The Labute approximate surface area is 112 Å². The Hall–Kier alpha value is -2.13. The van der Waals surface area contributed by atoms with Crippen LogP contribution in [0.1, 0.15) is 17.2 Å². The monoisotopic (exact) mass is 252 g/mol. The van der Waals surface area contributed by atoms with Gasteiger partial charge in [0.05, 0.1) is 0 Å². The van der Waals surface area contributed by atoms with Gasteiger partial charge in [-0.05, 0) is 29.7 Å². The summed E-state index contributed by atoms with van der Waals surface area (Å²) in [4.78, 5) is 14.3. The molecule has 1 heterocycles. The molecule has 0 fully saturated rings. The van der Waals surface area contributed by atoms with E-state index in [1.165, 1.54) is 5.56 Å². The van der Waals surface area contributed by atoms with Crippen LogP contribution in [0.2, 0.25) is 0 Å². The van der Waals surface area contributed by atoms with Crippen LogP contribution in [0.25, 0.3) is 0 Å². The average molecular weight is 252 g/mol. The van der Waals surface area contributed by atoms with Crippen molar-refractivity contribution in [3.63, 3.8) is 0 Å². The summed E-state index contributed by atoms with van der Waals surface area (Å²) in [6.45, 7) is 0.674. The van der Waals surface area contributed by atoms with Gasteiger partial charge < -0.3 is 10.6 Å². The van der Waals surface area contributed by atoms with Gasteiger partial charge in [-0.1, -0.05) is 42.5 Å². The number of fused-ring (bicyclic) bond motifs is 1. The number of hydrogen-bond donors (Lipinski definition) is 1. The van der Waals surface area contributed by atoms with Gasteiger partial charge in [0.15, 0.2) is 0 Å². The second kappa shape index (κ2) is 4.86. The summed E-state index contributed by atoms with van der Waals surface area (Å²) in [6.07, 6.45) is 0.838. The Bertz CT molecular complexity index is 595. The molecule has 1 atom stereocenters. The van der Waals surface area contributed by atoms with E-state index in [1.807, 2.05) is 48.5 Å². The quantitative estimate of drug-likeness (QED) is 0.846. The second-order valence-corrected chi connectivity index (χ2v) is 4.75. The predicted octanol–water partition coefficient (Wildman–Crippen LogP) is 2.28. The summed E-state index contributed by atoms with van der Waals surface area (Å²) in [5.41, 5.74) is 9.16. The van der Waals surface area contributed by atoms with E-state index in [4.69, 9.17) is 5.73 Å². The third-order valence-corrected chi connectivity index (χ3v) is 3.59. The maximum Gasteiger partial charge on any atom is 0.248 e. The molecule has 0 radical (unpaired) electrons. The number of nitrogens with two attached hydrogens (primary N) is 1. The lowest BCUT2D eigenvalue weighted by molar-refractivity contribution is -0.119. The molecule has 0 saturated heterocycles. The highest BCUT2D eigenvalue weighted by molar-refractivity contribution is 5.98. The maximum atomic E-state index is 12.5. The zero-order valence-electron chi connectivity index (χ0n) is 10.6. The Kier molecular flexibility index (Phi) is 3.05. The summed E-state index contributed by atoms with van der Waals surface area (Å²) in [6, 6.07) is 17.1. The topological polar surface area (TPSA) is 46.3 Å². The first-order valence-electron chi connectivity index (χ1n) is 6.47. The summed E-state index contributed by atoms with van der Waals surface area (Å²) in [5, 5.41) is 0. The number of anilines is 1. The van der Waals surface area contributed by atoms with E-state index in [1.54, 1.807) is 4.90 Å². The van der Waals surface area contributed by atoms with Crippen LogP contribution in [-0.4, -0.2) is 12.5 Å². The van der Waals surface area contributed by atoms with Crippen LogP contribution in [0.3, 0.4) is 0 Å². The fourth-order valence-corrected chi connectivity index (χ4v) is 2.57. The maximum absolute atomic E-state index is 12.5. The van der Waals surface area contributed by atoms with E-state index >= 15 is 0 Å². The molecule has 2 N–H and O–H groups in total. The van der Waals surface area contributed by atoms with Crippen molar-refractivity contribution in [2.45, 2.75) is 12.5 Å². The van der Waals surface area contributed by atoms with E-state index in [0.717, 1.165) is 17.7 Å². The predicted molar refractivity (Wildman–Crippen MR) is 75.9 cm³/mol. The molecule has 0 spiro atoms. The molecular weight excluding hydrogens is 236 g/mol. The van der Waals surface area contributed by atoms with Gasteiger partial charge >= 0.3 is 0 Å². The smallest absolute Gasteiger partial charge is 0.248 e. The number of carbonyl (C=O) groups excluding carboxylic acids is 1. The minimum atomic E-state index is -0.570. The van der Waals surface area contributed by atoms with Crippen LogP contribution in [-0.2, 0) is 11.2 Å². The molecule has 3 rings (SSSR count). The van der Waals surface area contributed by atoms with Gasteiger partial charge in [-0.25, -0.2) is 0 Å². The molecule has 0 aromatic heterocycles. The highest BCUT2D eigenvalue weighted by Gasteiger charge is 2.28. The highest BCUT2D eigenvalue weighted by Crippen LogP contribution is 2.26. The van der Waals surface area contributed by atoms with Crippen molar-refractivity contribution in [2.75, 3.05) is 11.4 Å². The van der Waals surface area contributed by atoms with Crippen LogP contribution < -0.4 is 10.6 Å². The van der Waals surface area contributed by atoms with E-state index in [-0.39, 0.29) is 5.91 Å². The average Bonchev–Trinajstić information content (AvgIpc) is 2.59. The van der Waals surface area contributed by atoms with Gasteiger partial charge in [0, 0.05) is 12.2 Å². The molecule has 3 nitrogen and oxygen atoms in total. The fourth-order valence-electron chi connectivity index (χ4n) is 2.57. The van der Waals surface area contributed by atoms with Gasteiger partial charge in [0.25, 0.3) is 0 Å². The van der Waals surface area contributed by atoms with Crippen LogP contribution in [0.4, 0.5) is 5.69 Å². The third-order valence-electron chi connectivity index (χ3n) is 3.59. The fraction of sp³-hybridized carbons (Fsp3) is 0.188. The molecule has 0 bridgehead atoms. The van der Waals surface area contributed by atoms with Crippen molar-refractivity contribution >= 4 is 11.6 Å².